The van der Waals surface area contributed by atoms with Gasteiger partial charge in [-0.3, -0.25) is 4.99 Å². The Hall–Kier alpha value is -1.10. The number of aliphatic imine (C=N–C) groups is 1. The van der Waals surface area contributed by atoms with Crippen LogP contribution >= 0.6 is 15.9 Å². The molecule has 0 amide bonds. The number of hydrogen-bond donors (Lipinski definition) is 1. The Morgan fingerprint density at radius 1 is 1.25 bits per heavy atom. The van der Waals surface area contributed by atoms with Gasteiger partial charge in [0.05, 0.1) is 4.47 Å². The van der Waals surface area contributed by atoms with Gasteiger partial charge in [0, 0.05) is 19.6 Å². The Labute approximate surface area is 128 Å². The number of guanidine groups is 1. The third-order valence-electron chi connectivity index (χ3n) is 3.59. The highest BCUT2D eigenvalue weighted by Gasteiger charge is 2.10. The van der Waals surface area contributed by atoms with E-state index in [2.05, 4.69) is 25.8 Å². The summed E-state index contributed by atoms with van der Waals surface area (Å²) in [6.07, 6.45) is 5.73. The minimum Gasteiger partial charge on any atom is -0.370 e. The molecule has 0 bridgehead atoms. The second kappa shape index (κ2) is 7.62. The highest BCUT2D eigenvalue weighted by Crippen LogP contribution is 2.17. The molecule has 0 aliphatic carbocycles. The smallest absolute Gasteiger partial charge is 0.191 e. The lowest BCUT2D eigenvalue weighted by Crippen LogP contribution is -2.38. The van der Waals surface area contributed by atoms with Gasteiger partial charge >= 0.3 is 0 Å². The van der Waals surface area contributed by atoms with Crippen LogP contribution in [-0.4, -0.2) is 30.5 Å². The minimum absolute atomic E-state index is 0.235. The van der Waals surface area contributed by atoms with Crippen LogP contribution in [0.15, 0.2) is 27.7 Å². The minimum atomic E-state index is -0.235. The van der Waals surface area contributed by atoms with E-state index in [4.69, 9.17) is 5.73 Å². The van der Waals surface area contributed by atoms with Crippen molar-refractivity contribution in [2.24, 2.45) is 10.7 Å². The lowest BCUT2D eigenvalue weighted by Gasteiger charge is -2.21. The second-order valence-electron chi connectivity index (χ2n) is 5.14. The normalized spacial score (nSPS) is 17.1. The fraction of sp³-hybridized carbons (Fsp3) is 0.533. The molecule has 1 aliphatic rings. The van der Waals surface area contributed by atoms with Crippen molar-refractivity contribution in [3.8, 4) is 0 Å². The number of halogens is 2. The molecule has 5 heteroatoms. The van der Waals surface area contributed by atoms with Crippen molar-refractivity contribution < 1.29 is 4.39 Å². The van der Waals surface area contributed by atoms with E-state index in [9.17, 15) is 4.39 Å². The van der Waals surface area contributed by atoms with Gasteiger partial charge in [-0.1, -0.05) is 18.9 Å². The van der Waals surface area contributed by atoms with Crippen LogP contribution < -0.4 is 5.73 Å². The average molecular weight is 342 g/mol. The topological polar surface area (TPSA) is 41.6 Å². The summed E-state index contributed by atoms with van der Waals surface area (Å²) in [5.74, 6) is 0.411. The molecule has 0 unspecified atom stereocenters. The monoisotopic (exact) mass is 341 g/mol. The Balaban J connectivity index is 1.86. The van der Waals surface area contributed by atoms with E-state index in [1.54, 1.807) is 12.1 Å². The quantitative estimate of drug-likeness (QED) is 0.676. The van der Waals surface area contributed by atoms with Gasteiger partial charge in [-0.05, 0) is 52.9 Å². The van der Waals surface area contributed by atoms with Gasteiger partial charge in [-0.15, -0.1) is 0 Å². The zero-order chi connectivity index (χ0) is 14.4. The van der Waals surface area contributed by atoms with E-state index in [-0.39, 0.29) is 5.82 Å². The Bertz CT molecular complexity index is 468. The van der Waals surface area contributed by atoms with Crippen molar-refractivity contribution in [3.05, 3.63) is 34.1 Å². The Kier molecular flexibility index (Phi) is 5.83. The maximum atomic E-state index is 13.1. The number of nitrogens with zero attached hydrogens (tertiary/aromatic N) is 2. The molecule has 2 N–H and O–H groups in total. The summed E-state index contributed by atoms with van der Waals surface area (Å²) in [6.45, 7) is 2.66. The van der Waals surface area contributed by atoms with Gasteiger partial charge in [0.25, 0.3) is 0 Å². The fourth-order valence-electron chi connectivity index (χ4n) is 2.39. The Morgan fingerprint density at radius 3 is 2.60 bits per heavy atom. The summed E-state index contributed by atoms with van der Waals surface area (Å²) < 4.78 is 13.6. The van der Waals surface area contributed by atoms with Crippen molar-refractivity contribution >= 4 is 21.9 Å². The van der Waals surface area contributed by atoms with Crippen LogP contribution in [0.1, 0.15) is 31.2 Å². The zero-order valence-electron chi connectivity index (χ0n) is 11.6. The van der Waals surface area contributed by atoms with E-state index in [0.717, 1.165) is 25.1 Å². The molecule has 20 heavy (non-hydrogen) atoms. The van der Waals surface area contributed by atoms with Crippen LogP contribution in [-0.2, 0) is 6.42 Å². The van der Waals surface area contributed by atoms with Crippen molar-refractivity contribution in [1.82, 2.24) is 4.90 Å². The molecule has 1 aliphatic heterocycles. The molecule has 2 rings (SSSR count). The van der Waals surface area contributed by atoms with Crippen molar-refractivity contribution in [2.75, 3.05) is 19.6 Å². The van der Waals surface area contributed by atoms with Crippen molar-refractivity contribution in [2.45, 2.75) is 32.1 Å². The highest BCUT2D eigenvalue weighted by atomic mass is 79.9. The van der Waals surface area contributed by atoms with Gasteiger partial charge in [-0.25, -0.2) is 4.39 Å². The highest BCUT2D eigenvalue weighted by molar-refractivity contribution is 9.10. The first-order chi connectivity index (χ1) is 9.66. The van der Waals surface area contributed by atoms with E-state index >= 15 is 0 Å². The van der Waals surface area contributed by atoms with Crippen molar-refractivity contribution in [1.29, 1.82) is 0 Å². The van der Waals surface area contributed by atoms with Crippen LogP contribution in [0.5, 0.6) is 0 Å². The van der Waals surface area contributed by atoms with Crippen LogP contribution in [0.4, 0.5) is 4.39 Å². The Morgan fingerprint density at radius 2 is 1.95 bits per heavy atom. The third kappa shape index (κ3) is 4.47. The molecular weight excluding hydrogens is 321 g/mol. The standard InChI is InChI=1S/C15H21BrFN3/c16-13-11-12(5-6-14(13)17)7-8-19-15(18)20-9-3-1-2-4-10-20/h5-6,11H,1-4,7-10H2,(H2,18,19). The lowest BCUT2D eigenvalue weighted by atomic mass is 10.1. The average Bonchev–Trinajstić information content (AvgIpc) is 2.71. The molecule has 0 aromatic heterocycles. The molecule has 0 spiro atoms. The van der Waals surface area contributed by atoms with E-state index in [1.807, 2.05) is 0 Å². The number of rotatable bonds is 3. The largest absolute Gasteiger partial charge is 0.370 e. The molecule has 0 atom stereocenters. The second-order valence-corrected chi connectivity index (χ2v) is 5.99. The molecule has 1 aromatic rings. The number of nitrogens with two attached hydrogens (primary N) is 1. The number of hydrogen-bond acceptors (Lipinski definition) is 1. The molecular formula is C15H21BrFN3. The molecule has 1 aromatic carbocycles. The molecule has 1 heterocycles. The molecule has 1 saturated heterocycles. The predicted molar refractivity (Wildman–Crippen MR) is 84.3 cm³/mol. The van der Waals surface area contributed by atoms with Crippen LogP contribution in [0.2, 0.25) is 0 Å². The molecule has 0 saturated carbocycles. The van der Waals surface area contributed by atoms with Crippen molar-refractivity contribution in [3.63, 3.8) is 0 Å². The van der Waals surface area contributed by atoms with Gasteiger partial charge in [-0.2, -0.15) is 0 Å². The summed E-state index contributed by atoms with van der Waals surface area (Å²) in [7, 11) is 0. The summed E-state index contributed by atoms with van der Waals surface area (Å²) in [4.78, 5) is 6.62. The first-order valence-electron chi connectivity index (χ1n) is 7.15. The predicted octanol–water partition coefficient (Wildman–Crippen LogP) is 3.32. The summed E-state index contributed by atoms with van der Waals surface area (Å²) >= 11 is 3.19. The molecule has 0 radical (unpaired) electrons. The van der Waals surface area contributed by atoms with Gasteiger partial charge < -0.3 is 10.6 Å². The SMILES string of the molecule is NC(=NCCc1ccc(F)c(Br)c1)N1CCCCCC1. The van der Waals surface area contributed by atoms with E-state index in [0.29, 0.717) is 17.0 Å². The zero-order valence-corrected chi connectivity index (χ0v) is 13.2. The first-order valence-corrected chi connectivity index (χ1v) is 7.95. The summed E-state index contributed by atoms with van der Waals surface area (Å²) in [6, 6.07) is 5.06. The van der Waals surface area contributed by atoms with Crippen LogP contribution in [0.3, 0.4) is 0 Å². The molecule has 110 valence electrons. The molecule has 1 fully saturated rings. The van der Waals surface area contributed by atoms with E-state index < -0.39 is 0 Å². The van der Waals surface area contributed by atoms with Crippen LogP contribution in [0.25, 0.3) is 0 Å². The van der Waals surface area contributed by atoms with Crippen LogP contribution in [0, 0.1) is 5.82 Å². The summed E-state index contributed by atoms with van der Waals surface area (Å²) in [5, 5.41) is 0. The fourth-order valence-corrected chi connectivity index (χ4v) is 2.82. The number of benzene rings is 1. The van der Waals surface area contributed by atoms with Gasteiger partial charge in [0.15, 0.2) is 5.96 Å². The lowest BCUT2D eigenvalue weighted by molar-refractivity contribution is 0.428. The maximum Gasteiger partial charge on any atom is 0.191 e. The van der Waals surface area contributed by atoms with E-state index in [1.165, 1.54) is 31.7 Å². The number of likely N-dealkylation sites (tertiary alicyclic amines) is 1. The summed E-state index contributed by atoms with van der Waals surface area (Å²) in [5.41, 5.74) is 7.10. The maximum absolute atomic E-state index is 13.1. The first kappa shape index (κ1) is 15.3. The third-order valence-corrected chi connectivity index (χ3v) is 4.20. The molecule has 3 nitrogen and oxygen atoms in total. The van der Waals surface area contributed by atoms with Gasteiger partial charge in [0.2, 0.25) is 0 Å². The van der Waals surface area contributed by atoms with Gasteiger partial charge in [0.1, 0.15) is 5.82 Å².